The summed E-state index contributed by atoms with van der Waals surface area (Å²) in [7, 11) is 0. The number of hydrogen-bond donors (Lipinski definition) is 2. The highest BCUT2D eigenvalue weighted by atomic mass is 19.1. The standard InChI is InChI=1S/C13H20FN5/c1-13(2,14)10-17-11(15)19-12(18-10)16-9(7-3-4-7)8-5-6-8/h7-9H,3-6H2,1-2H3,(H3,15,16,17,18,19). The van der Waals surface area contributed by atoms with Gasteiger partial charge in [0.25, 0.3) is 0 Å². The van der Waals surface area contributed by atoms with Gasteiger partial charge in [-0.3, -0.25) is 0 Å². The van der Waals surface area contributed by atoms with Gasteiger partial charge in [-0.05, 0) is 51.4 Å². The van der Waals surface area contributed by atoms with Gasteiger partial charge in [-0.15, -0.1) is 0 Å². The second-order valence-electron chi connectivity index (χ2n) is 6.16. The molecule has 3 rings (SSSR count). The first-order valence-electron chi connectivity index (χ1n) is 6.91. The predicted octanol–water partition coefficient (Wildman–Crippen LogP) is 2.26. The van der Waals surface area contributed by atoms with Gasteiger partial charge in [0.2, 0.25) is 11.9 Å². The average molecular weight is 265 g/mol. The zero-order chi connectivity index (χ0) is 13.6. The molecule has 1 heterocycles. The largest absolute Gasteiger partial charge is 0.368 e. The molecule has 0 amide bonds. The van der Waals surface area contributed by atoms with Crippen LogP contribution >= 0.6 is 0 Å². The van der Waals surface area contributed by atoms with Gasteiger partial charge in [-0.2, -0.15) is 15.0 Å². The van der Waals surface area contributed by atoms with Crippen molar-refractivity contribution >= 4 is 11.9 Å². The van der Waals surface area contributed by atoms with E-state index in [2.05, 4.69) is 20.3 Å². The topological polar surface area (TPSA) is 76.7 Å². The molecule has 2 fully saturated rings. The minimum Gasteiger partial charge on any atom is -0.368 e. The van der Waals surface area contributed by atoms with E-state index >= 15 is 0 Å². The molecule has 5 nitrogen and oxygen atoms in total. The molecule has 0 radical (unpaired) electrons. The number of alkyl halides is 1. The molecular formula is C13H20FN5. The van der Waals surface area contributed by atoms with Crippen LogP contribution in [0.5, 0.6) is 0 Å². The van der Waals surface area contributed by atoms with Crippen LogP contribution in [0.2, 0.25) is 0 Å². The summed E-state index contributed by atoms with van der Waals surface area (Å²) in [5.41, 5.74) is 4.04. The molecule has 2 aliphatic rings. The molecule has 19 heavy (non-hydrogen) atoms. The van der Waals surface area contributed by atoms with Crippen LogP contribution in [-0.2, 0) is 5.67 Å². The molecule has 104 valence electrons. The van der Waals surface area contributed by atoms with Crippen molar-refractivity contribution in [1.29, 1.82) is 0 Å². The quantitative estimate of drug-likeness (QED) is 0.854. The van der Waals surface area contributed by atoms with Crippen molar-refractivity contribution in [3.05, 3.63) is 5.82 Å². The third-order valence-corrected chi connectivity index (χ3v) is 3.74. The van der Waals surface area contributed by atoms with Crippen LogP contribution in [-0.4, -0.2) is 21.0 Å². The van der Waals surface area contributed by atoms with Crippen molar-refractivity contribution in [2.75, 3.05) is 11.1 Å². The first-order valence-corrected chi connectivity index (χ1v) is 6.91. The molecule has 0 saturated heterocycles. The van der Waals surface area contributed by atoms with Crippen LogP contribution in [0.4, 0.5) is 16.3 Å². The number of rotatable bonds is 5. The van der Waals surface area contributed by atoms with E-state index in [0.29, 0.717) is 23.8 Å². The minimum absolute atomic E-state index is 0.0727. The molecular weight excluding hydrogens is 245 g/mol. The number of nitrogens with one attached hydrogen (secondary N) is 1. The Labute approximate surface area is 112 Å². The van der Waals surface area contributed by atoms with Crippen LogP contribution in [0, 0.1) is 11.8 Å². The zero-order valence-electron chi connectivity index (χ0n) is 11.4. The van der Waals surface area contributed by atoms with Crippen LogP contribution in [0.3, 0.4) is 0 Å². The van der Waals surface area contributed by atoms with Crippen LogP contribution in [0.1, 0.15) is 45.4 Å². The third kappa shape index (κ3) is 2.93. The van der Waals surface area contributed by atoms with Crippen LogP contribution in [0.25, 0.3) is 0 Å². The van der Waals surface area contributed by atoms with Gasteiger partial charge >= 0.3 is 0 Å². The van der Waals surface area contributed by atoms with E-state index in [1.807, 2.05) is 0 Å². The highest BCUT2D eigenvalue weighted by molar-refractivity contribution is 5.34. The number of nitrogens with two attached hydrogens (primary N) is 1. The van der Waals surface area contributed by atoms with E-state index in [9.17, 15) is 4.39 Å². The fraction of sp³-hybridized carbons (Fsp3) is 0.769. The molecule has 2 aliphatic carbocycles. The van der Waals surface area contributed by atoms with Crippen molar-refractivity contribution < 1.29 is 4.39 Å². The lowest BCUT2D eigenvalue weighted by Gasteiger charge is -2.19. The first-order chi connectivity index (χ1) is 8.93. The maximum Gasteiger partial charge on any atom is 0.228 e. The number of nitrogen functional groups attached to an aromatic ring is 1. The number of hydrogen-bond acceptors (Lipinski definition) is 5. The molecule has 1 aromatic heterocycles. The van der Waals surface area contributed by atoms with E-state index in [1.54, 1.807) is 0 Å². The van der Waals surface area contributed by atoms with E-state index in [4.69, 9.17) is 5.73 Å². The number of halogens is 1. The van der Waals surface area contributed by atoms with Crippen LogP contribution < -0.4 is 11.1 Å². The maximum atomic E-state index is 13.9. The van der Waals surface area contributed by atoms with Gasteiger partial charge in [0, 0.05) is 6.04 Å². The monoisotopic (exact) mass is 265 g/mol. The van der Waals surface area contributed by atoms with Crippen molar-refractivity contribution in [2.45, 2.75) is 51.2 Å². The Balaban J connectivity index is 1.81. The average Bonchev–Trinajstić information content (AvgIpc) is 3.16. The Hall–Kier alpha value is -1.46. The van der Waals surface area contributed by atoms with Gasteiger partial charge < -0.3 is 11.1 Å². The summed E-state index contributed by atoms with van der Waals surface area (Å²) in [4.78, 5) is 12.1. The van der Waals surface area contributed by atoms with Gasteiger partial charge in [0.1, 0.15) is 0 Å². The second-order valence-corrected chi connectivity index (χ2v) is 6.16. The smallest absolute Gasteiger partial charge is 0.228 e. The van der Waals surface area contributed by atoms with Gasteiger partial charge in [-0.25, -0.2) is 4.39 Å². The summed E-state index contributed by atoms with van der Waals surface area (Å²) in [6, 6.07) is 0.414. The molecule has 0 unspecified atom stereocenters. The lowest BCUT2D eigenvalue weighted by Crippen LogP contribution is -2.27. The molecule has 0 atom stereocenters. The SMILES string of the molecule is CC(C)(F)c1nc(N)nc(NC(C2CC2)C2CC2)n1. The molecule has 0 bridgehead atoms. The van der Waals surface area contributed by atoms with E-state index in [-0.39, 0.29) is 11.8 Å². The van der Waals surface area contributed by atoms with Crippen molar-refractivity contribution in [1.82, 2.24) is 15.0 Å². The lowest BCUT2D eigenvalue weighted by atomic mass is 10.1. The van der Waals surface area contributed by atoms with Crippen molar-refractivity contribution in [2.24, 2.45) is 11.8 Å². The number of aromatic nitrogens is 3. The van der Waals surface area contributed by atoms with Gasteiger partial charge in [0.05, 0.1) is 0 Å². The molecule has 3 N–H and O–H groups in total. The molecule has 6 heteroatoms. The summed E-state index contributed by atoms with van der Waals surface area (Å²) in [5.74, 6) is 2.01. The summed E-state index contributed by atoms with van der Waals surface area (Å²) < 4.78 is 13.9. The Kier molecular flexibility index (Phi) is 2.83. The summed E-state index contributed by atoms with van der Waals surface area (Å²) in [5, 5.41) is 3.35. The predicted molar refractivity (Wildman–Crippen MR) is 71.2 cm³/mol. The molecule has 2 saturated carbocycles. The normalized spacial score (nSPS) is 19.8. The lowest BCUT2D eigenvalue weighted by molar-refractivity contribution is 0.206. The fourth-order valence-corrected chi connectivity index (χ4v) is 2.40. The van der Waals surface area contributed by atoms with E-state index in [1.165, 1.54) is 39.5 Å². The van der Waals surface area contributed by atoms with Gasteiger partial charge in [-0.1, -0.05) is 0 Å². The zero-order valence-corrected chi connectivity index (χ0v) is 11.4. The highest BCUT2D eigenvalue weighted by Gasteiger charge is 2.42. The van der Waals surface area contributed by atoms with E-state index in [0.717, 1.165) is 0 Å². The first kappa shape index (κ1) is 12.6. The summed E-state index contributed by atoms with van der Waals surface area (Å²) in [6.07, 6.45) is 5.04. The molecule has 0 aliphatic heterocycles. The van der Waals surface area contributed by atoms with Crippen LogP contribution in [0.15, 0.2) is 0 Å². The highest BCUT2D eigenvalue weighted by Crippen LogP contribution is 2.45. The van der Waals surface area contributed by atoms with Crippen molar-refractivity contribution in [3.63, 3.8) is 0 Å². The Morgan fingerprint density at radius 2 is 1.74 bits per heavy atom. The Bertz CT molecular complexity index is 464. The van der Waals surface area contributed by atoms with E-state index < -0.39 is 5.67 Å². The molecule has 0 aromatic carbocycles. The third-order valence-electron chi connectivity index (χ3n) is 3.74. The Morgan fingerprint density at radius 3 is 2.21 bits per heavy atom. The minimum atomic E-state index is -1.61. The number of nitrogens with zero attached hydrogens (tertiary/aromatic N) is 3. The fourth-order valence-electron chi connectivity index (χ4n) is 2.40. The second kappa shape index (κ2) is 4.28. The van der Waals surface area contributed by atoms with Crippen molar-refractivity contribution in [3.8, 4) is 0 Å². The maximum absolute atomic E-state index is 13.9. The summed E-state index contributed by atoms with van der Waals surface area (Å²) in [6.45, 7) is 2.84. The Morgan fingerprint density at radius 1 is 1.16 bits per heavy atom. The molecule has 0 spiro atoms. The number of anilines is 2. The summed E-state index contributed by atoms with van der Waals surface area (Å²) >= 11 is 0. The molecule has 1 aromatic rings. The van der Waals surface area contributed by atoms with Gasteiger partial charge in [0.15, 0.2) is 11.5 Å².